The predicted molar refractivity (Wildman–Crippen MR) is 56.9 cm³/mol. The number of hydrogen-bond donors (Lipinski definition) is 0. The molecule has 0 unspecified atom stereocenters. The first-order valence-electron chi connectivity index (χ1n) is 6.01. The van der Waals surface area contributed by atoms with Crippen LogP contribution in [0.5, 0.6) is 0 Å². The Labute approximate surface area is 82.5 Å². The van der Waals surface area contributed by atoms with Gasteiger partial charge < -0.3 is 0 Å². The molecule has 1 aliphatic heterocycles. The molecule has 1 heteroatoms. The zero-order chi connectivity index (χ0) is 9.31. The Morgan fingerprint density at radius 1 is 0.923 bits per heavy atom. The molecule has 2 fully saturated rings. The van der Waals surface area contributed by atoms with Crippen LogP contribution in [0.15, 0.2) is 0 Å². The molecule has 1 heterocycles. The van der Waals surface area contributed by atoms with Crippen LogP contribution >= 0.6 is 0 Å². The predicted octanol–water partition coefficient (Wildman–Crippen LogP) is 3.19. The molecule has 2 rings (SSSR count). The summed E-state index contributed by atoms with van der Waals surface area (Å²) in [4.78, 5) is 2.78. The van der Waals surface area contributed by atoms with Gasteiger partial charge >= 0.3 is 0 Å². The second-order valence-electron chi connectivity index (χ2n) is 5.18. The van der Waals surface area contributed by atoms with Gasteiger partial charge in [-0.2, -0.15) is 0 Å². The second kappa shape index (κ2) is 3.61. The Kier molecular flexibility index (Phi) is 2.64. The third-order valence-corrected chi connectivity index (χ3v) is 4.06. The van der Waals surface area contributed by atoms with E-state index in [1.165, 1.54) is 51.5 Å². The molecular weight excluding hydrogens is 158 g/mol. The number of hydrogen-bond acceptors (Lipinski definition) is 1. The van der Waals surface area contributed by atoms with Crippen molar-refractivity contribution in [3.63, 3.8) is 0 Å². The van der Waals surface area contributed by atoms with Crippen LogP contribution in [0.4, 0.5) is 0 Å². The van der Waals surface area contributed by atoms with Crippen molar-refractivity contribution in [1.82, 2.24) is 4.90 Å². The minimum Gasteiger partial charge on any atom is -0.295 e. The van der Waals surface area contributed by atoms with E-state index in [1.54, 1.807) is 0 Å². The quantitative estimate of drug-likeness (QED) is 0.600. The highest BCUT2D eigenvalue weighted by Gasteiger charge is 2.42. The maximum atomic E-state index is 2.78. The first-order valence-corrected chi connectivity index (χ1v) is 6.01. The SMILES string of the molecule is CC(C)N1CCCC12CCCCC2. The van der Waals surface area contributed by atoms with Gasteiger partial charge in [-0.1, -0.05) is 19.3 Å². The molecule has 1 nitrogen and oxygen atoms in total. The zero-order valence-corrected chi connectivity index (χ0v) is 9.18. The highest BCUT2D eigenvalue weighted by molar-refractivity contribution is 4.98. The minimum atomic E-state index is 0.645. The smallest absolute Gasteiger partial charge is 0.0212 e. The van der Waals surface area contributed by atoms with E-state index in [-0.39, 0.29) is 0 Å². The average Bonchev–Trinajstić information content (AvgIpc) is 2.50. The van der Waals surface area contributed by atoms with Crippen LogP contribution in [0.2, 0.25) is 0 Å². The number of nitrogens with zero attached hydrogens (tertiary/aromatic N) is 1. The van der Waals surface area contributed by atoms with Crippen LogP contribution in [0.3, 0.4) is 0 Å². The van der Waals surface area contributed by atoms with Crippen molar-refractivity contribution < 1.29 is 0 Å². The third kappa shape index (κ3) is 1.63. The summed E-state index contributed by atoms with van der Waals surface area (Å²) in [6, 6.07) is 0.764. The van der Waals surface area contributed by atoms with Crippen LogP contribution in [-0.4, -0.2) is 23.0 Å². The van der Waals surface area contributed by atoms with E-state index in [9.17, 15) is 0 Å². The van der Waals surface area contributed by atoms with E-state index in [1.807, 2.05) is 0 Å². The van der Waals surface area contributed by atoms with E-state index in [0.717, 1.165) is 6.04 Å². The molecule has 2 aliphatic rings. The fraction of sp³-hybridized carbons (Fsp3) is 1.00. The van der Waals surface area contributed by atoms with Gasteiger partial charge in [0, 0.05) is 11.6 Å². The van der Waals surface area contributed by atoms with Crippen molar-refractivity contribution >= 4 is 0 Å². The molecule has 0 N–H and O–H groups in total. The summed E-state index contributed by atoms with van der Waals surface area (Å²) in [5, 5.41) is 0. The highest BCUT2D eigenvalue weighted by atomic mass is 15.2. The summed E-state index contributed by atoms with van der Waals surface area (Å²) < 4.78 is 0. The van der Waals surface area contributed by atoms with Crippen molar-refractivity contribution in [3.8, 4) is 0 Å². The molecule has 0 aromatic carbocycles. The van der Waals surface area contributed by atoms with Gasteiger partial charge in [0.25, 0.3) is 0 Å². The topological polar surface area (TPSA) is 3.24 Å². The maximum Gasteiger partial charge on any atom is 0.0212 e. The Morgan fingerprint density at radius 3 is 2.15 bits per heavy atom. The lowest BCUT2D eigenvalue weighted by molar-refractivity contribution is 0.0650. The van der Waals surface area contributed by atoms with E-state index in [2.05, 4.69) is 18.7 Å². The van der Waals surface area contributed by atoms with E-state index in [4.69, 9.17) is 0 Å². The van der Waals surface area contributed by atoms with Gasteiger partial charge in [-0.15, -0.1) is 0 Å². The average molecular weight is 181 g/mol. The van der Waals surface area contributed by atoms with Crippen molar-refractivity contribution in [2.24, 2.45) is 0 Å². The molecule has 0 amide bonds. The van der Waals surface area contributed by atoms with E-state index in [0.29, 0.717) is 5.54 Å². The lowest BCUT2D eigenvalue weighted by Crippen LogP contribution is -2.48. The van der Waals surface area contributed by atoms with E-state index >= 15 is 0 Å². The van der Waals surface area contributed by atoms with Crippen LogP contribution in [0, 0.1) is 0 Å². The second-order valence-corrected chi connectivity index (χ2v) is 5.18. The van der Waals surface area contributed by atoms with Crippen molar-refractivity contribution in [3.05, 3.63) is 0 Å². The molecule has 1 saturated heterocycles. The lowest BCUT2D eigenvalue weighted by atomic mass is 9.79. The van der Waals surface area contributed by atoms with Crippen LogP contribution in [0.25, 0.3) is 0 Å². The first-order chi connectivity index (χ1) is 6.25. The first kappa shape index (κ1) is 9.51. The standard InChI is InChI=1S/C12H23N/c1-11(2)13-10-6-9-12(13)7-4-3-5-8-12/h11H,3-10H2,1-2H3. The molecule has 0 aromatic rings. The summed E-state index contributed by atoms with van der Waals surface area (Å²) in [6.45, 7) is 6.08. The van der Waals surface area contributed by atoms with Gasteiger partial charge in [0.05, 0.1) is 0 Å². The normalized spacial score (nSPS) is 28.8. The molecule has 0 bridgehead atoms. The van der Waals surface area contributed by atoms with Crippen molar-refractivity contribution in [1.29, 1.82) is 0 Å². The van der Waals surface area contributed by atoms with Crippen molar-refractivity contribution in [2.45, 2.75) is 70.4 Å². The summed E-state index contributed by atoms with van der Waals surface area (Å²) in [5.74, 6) is 0. The molecule has 0 atom stereocenters. The molecule has 0 radical (unpaired) electrons. The fourth-order valence-corrected chi connectivity index (χ4v) is 3.51. The third-order valence-electron chi connectivity index (χ3n) is 4.06. The van der Waals surface area contributed by atoms with Gasteiger partial charge in [-0.25, -0.2) is 0 Å². The largest absolute Gasteiger partial charge is 0.295 e. The Bertz CT molecular complexity index is 168. The molecule has 13 heavy (non-hydrogen) atoms. The molecule has 1 spiro atoms. The van der Waals surface area contributed by atoms with Gasteiger partial charge in [0.2, 0.25) is 0 Å². The molecular formula is C12H23N. The molecule has 1 aliphatic carbocycles. The Hall–Kier alpha value is -0.0400. The van der Waals surface area contributed by atoms with Crippen LogP contribution in [-0.2, 0) is 0 Å². The summed E-state index contributed by atoms with van der Waals surface area (Å²) in [5.41, 5.74) is 0.645. The van der Waals surface area contributed by atoms with Gasteiger partial charge in [-0.3, -0.25) is 4.90 Å². The molecule has 76 valence electrons. The molecule has 1 saturated carbocycles. The number of likely N-dealkylation sites (tertiary alicyclic amines) is 1. The van der Waals surface area contributed by atoms with Crippen LogP contribution in [0.1, 0.15) is 58.8 Å². The monoisotopic (exact) mass is 181 g/mol. The lowest BCUT2D eigenvalue weighted by Gasteiger charge is -2.44. The van der Waals surface area contributed by atoms with E-state index < -0.39 is 0 Å². The van der Waals surface area contributed by atoms with Crippen LogP contribution < -0.4 is 0 Å². The zero-order valence-electron chi connectivity index (χ0n) is 9.18. The van der Waals surface area contributed by atoms with Crippen molar-refractivity contribution in [2.75, 3.05) is 6.54 Å². The van der Waals surface area contributed by atoms with Gasteiger partial charge in [0.15, 0.2) is 0 Å². The van der Waals surface area contributed by atoms with Gasteiger partial charge in [0.1, 0.15) is 0 Å². The summed E-state index contributed by atoms with van der Waals surface area (Å²) >= 11 is 0. The maximum absolute atomic E-state index is 2.78. The fourth-order valence-electron chi connectivity index (χ4n) is 3.51. The Balaban J connectivity index is 2.09. The van der Waals surface area contributed by atoms with Gasteiger partial charge in [-0.05, 0) is 46.1 Å². The summed E-state index contributed by atoms with van der Waals surface area (Å²) in [7, 11) is 0. The minimum absolute atomic E-state index is 0.645. The summed E-state index contributed by atoms with van der Waals surface area (Å²) in [6.07, 6.45) is 10.3. The Morgan fingerprint density at radius 2 is 1.54 bits per heavy atom. The highest BCUT2D eigenvalue weighted by Crippen LogP contribution is 2.42. The number of rotatable bonds is 1. The molecule has 0 aromatic heterocycles.